The maximum absolute atomic E-state index is 12.5. The number of nitriles is 1. The predicted molar refractivity (Wildman–Crippen MR) is 83.9 cm³/mol. The summed E-state index contributed by atoms with van der Waals surface area (Å²) in [6, 6.07) is 11.8. The number of hydrogen-bond donors (Lipinski definition) is 1. The van der Waals surface area contributed by atoms with Crippen LogP contribution in [0.25, 0.3) is 0 Å². The Kier molecular flexibility index (Phi) is 6.23. The molecule has 1 fully saturated rings. The minimum absolute atomic E-state index is 0.134. The Morgan fingerprint density at radius 3 is 2.67 bits per heavy atom. The van der Waals surface area contributed by atoms with Gasteiger partial charge in [-0.1, -0.05) is 18.2 Å². The standard InChI is InChI=1S/C17H23N3O/c18-11-4-14-20(16-5-2-1-3-6-16)17(21)8-7-15-9-12-19-13-10-15/h1-3,5-6,15,19H,4,7-10,12-14H2. The van der Waals surface area contributed by atoms with Crippen molar-refractivity contribution in [2.75, 3.05) is 24.5 Å². The first-order valence-corrected chi connectivity index (χ1v) is 7.74. The second kappa shape index (κ2) is 8.43. The van der Waals surface area contributed by atoms with E-state index in [0.29, 0.717) is 25.3 Å². The fourth-order valence-electron chi connectivity index (χ4n) is 2.80. The van der Waals surface area contributed by atoms with Gasteiger partial charge in [0, 0.05) is 18.7 Å². The predicted octanol–water partition coefficient (Wildman–Crippen LogP) is 2.71. The number of benzene rings is 1. The van der Waals surface area contributed by atoms with Gasteiger partial charge in [0.1, 0.15) is 0 Å². The minimum Gasteiger partial charge on any atom is -0.317 e. The molecule has 1 aliphatic heterocycles. The maximum atomic E-state index is 12.5. The molecule has 0 radical (unpaired) electrons. The quantitative estimate of drug-likeness (QED) is 0.874. The molecule has 4 nitrogen and oxygen atoms in total. The van der Waals surface area contributed by atoms with Crippen molar-refractivity contribution in [1.82, 2.24) is 5.32 Å². The molecule has 1 aromatic rings. The van der Waals surface area contributed by atoms with Gasteiger partial charge in [-0.3, -0.25) is 4.79 Å². The van der Waals surface area contributed by atoms with E-state index < -0.39 is 0 Å². The summed E-state index contributed by atoms with van der Waals surface area (Å²) in [5, 5.41) is 12.1. The lowest BCUT2D eigenvalue weighted by atomic mass is 9.93. The Labute approximate surface area is 126 Å². The number of carbonyl (C=O) groups is 1. The van der Waals surface area contributed by atoms with Crippen LogP contribution in [-0.2, 0) is 4.79 Å². The van der Waals surface area contributed by atoms with E-state index in [1.165, 1.54) is 0 Å². The van der Waals surface area contributed by atoms with Crippen LogP contribution in [-0.4, -0.2) is 25.5 Å². The molecule has 0 aliphatic carbocycles. The average molecular weight is 285 g/mol. The smallest absolute Gasteiger partial charge is 0.227 e. The van der Waals surface area contributed by atoms with Gasteiger partial charge in [0.15, 0.2) is 0 Å². The molecular weight excluding hydrogens is 262 g/mol. The van der Waals surface area contributed by atoms with Gasteiger partial charge in [-0.05, 0) is 50.4 Å². The van der Waals surface area contributed by atoms with E-state index in [1.54, 1.807) is 4.90 Å². The first kappa shape index (κ1) is 15.5. The lowest BCUT2D eigenvalue weighted by molar-refractivity contribution is -0.118. The third-order valence-corrected chi connectivity index (χ3v) is 4.04. The van der Waals surface area contributed by atoms with Crippen LogP contribution in [0.4, 0.5) is 5.69 Å². The maximum Gasteiger partial charge on any atom is 0.227 e. The molecule has 0 bridgehead atoms. The molecule has 1 heterocycles. The molecule has 0 atom stereocenters. The second-order valence-electron chi connectivity index (χ2n) is 5.52. The van der Waals surface area contributed by atoms with Crippen molar-refractivity contribution >= 4 is 11.6 Å². The van der Waals surface area contributed by atoms with Gasteiger partial charge in [-0.25, -0.2) is 0 Å². The number of rotatable bonds is 6. The van der Waals surface area contributed by atoms with Gasteiger partial charge >= 0.3 is 0 Å². The molecule has 1 aromatic carbocycles. The third kappa shape index (κ3) is 4.87. The molecule has 4 heteroatoms. The van der Waals surface area contributed by atoms with Crippen molar-refractivity contribution in [1.29, 1.82) is 5.26 Å². The van der Waals surface area contributed by atoms with Crippen molar-refractivity contribution in [2.24, 2.45) is 5.92 Å². The summed E-state index contributed by atoms with van der Waals surface area (Å²) in [6.45, 7) is 2.61. The van der Waals surface area contributed by atoms with Crippen LogP contribution < -0.4 is 10.2 Å². The first-order chi connectivity index (χ1) is 10.3. The van der Waals surface area contributed by atoms with Crippen LogP contribution >= 0.6 is 0 Å². The summed E-state index contributed by atoms with van der Waals surface area (Å²) in [5.74, 6) is 0.791. The third-order valence-electron chi connectivity index (χ3n) is 4.04. The van der Waals surface area contributed by atoms with Crippen LogP contribution in [0.15, 0.2) is 30.3 Å². The fraction of sp³-hybridized carbons (Fsp3) is 0.529. The minimum atomic E-state index is 0.134. The highest BCUT2D eigenvalue weighted by Crippen LogP contribution is 2.21. The highest BCUT2D eigenvalue weighted by atomic mass is 16.2. The van der Waals surface area contributed by atoms with Gasteiger partial charge in [-0.2, -0.15) is 5.26 Å². The van der Waals surface area contributed by atoms with Crippen LogP contribution in [0.2, 0.25) is 0 Å². The molecule has 1 amide bonds. The Hall–Kier alpha value is -1.86. The van der Waals surface area contributed by atoms with Gasteiger partial charge in [0.05, 0.1) is 12.5 Å². The number of anilines is 1. The van der Waals surface area contributed by atoms with Crippen molar-refractivity contribution in [3.8, 4) is 6.07 Å². The molecule has 2 rings (SSSR count). The molecule has 1 aliphatic rings. The van der Waals surface area contributed by atoms with E-state index in [1.807, 2.05) is 30.3 Å². The van der Waals surface area contributed by atoms with Crippen molar-refractivity contribution in [3.63, 3.8) is 0 Å². The highest BCUT2D eigenvalue weighted by molar-refractivity contribution is 5.93. The monoisotopic (exact) mass is 285 g/mol. The zero-order valence-corrected chi connectivity index (χ0v) is 12.4. The fourth-order valence-corrected chi connectivity index (χ4v) is 2.80. The molecule has 112 valence electrons. The molecule has 1 saturated heterocycles. The molecule has 21 heavy (non-hydrogen) atoms. The average Bonchev–Trinajstić information content (AvgIpc) is 2.55. The van der Waals surface area contributed by atoms with Crippen LogP contribution in [0.3, 0.4) is 0 Å². The molecule has 0 unspecified atom stereocenters. The number of carbonyl (C=O) groups excluding carboxylic acids is 1. The Balaban J connectivity index is 1.92. The van der Waals surface area contributed by atoms with Crippen molar-refractivity contribution < 1.29 is 4.79 Å². The van der Waals surface area contributed by atoms with Crippen LogP contribution in [0.5, 0.6) is 0 Å². The van der Waals surface area contributed by atoms with E-state index in [9.17, 15) is 4.79 Å². The van der Waals surface area contributed by atoms with Crippen LogP contribution in [0, 0.1) is 17.2 Å². The Morgan fingerprint density at radius 2 is 2.00 bits per heavy atom. The van der Waals surface area contributed by atoms with Crippen molar-refractivity contribution in [2.45, 2.75) is 32.1 Å². The van der Waals surface area contributed by atoms with Gasteiger partial charge in [-0.15, -0.1) is 0 Å². The van der Waals surface area contributed by atoms with Crippen molar-refractivity contribution in [3.05, 3.63) is 30.3 Å². The molecular formula is C17H23N3O. The van der Waals surface area contributed by atoms with E-state index in [2.05, 4.69) is 11.4 Å². The zero-order valence-electron chi connectivity index (χ0n) is 12.4. The number of hydrogen-bond acceptors (Lipinski definition) is 3. The number of nitrogens with one attached hydrogen (secondary N) is 1. The van der Waals surface area contributed by atoms with E-state index in [0.717, 1.165) is 38.0 Å². The summed E-state index contributed by atoms with van der Waals surface area (Å²) in [6.07, 6.45) is 4.23. The summed E-state index contributed by atoms with van der Waals surface area (Å²) in [7, 11) is 0. The second-order valence-corrected chi connectivity index (χ2v) is 5.52. The first-order valence-electron chi connectivity index (χ1n) is 7.74. The van der Waals surface area contributed by atoms with E-state index in [4.69, 9.17) is 5.26 Å². The van der Waals surface area contributed by atoms with E-state index >= 15 is 0 Å². The summed E-state index contributed by atoms with van der Waals surface area (Å²) >= 11 is 0. The lowest BCUT2D eigenvalue weighted by Crippen LogP contribution is -2.33. The summed E-state index contributed by atoms with van der Waals surface area (Å²) < 4.78 is 0. The number of amides is 1. The molecule has 1 N–H and O–H groups in total. The van der Waals surface area contributed by atoms with E-state index in [-0.39, 0.29) is 5.91 Å². The highest BCUT2D eigenvalue weighted by Gasteiger charge is 2.18. The summed E-state index contributed by atoms with van der Waals surface area (Å²) in [5.41, 5.74) is 0.892. The molecule has 0 saturated carbocycles. The number of nitrogens with zero attached hydrogens (tertiary/aromatic N) is 2. The Bertz CT molecular complexity index is 475. The molecule has 0 aromatic heterocycles. The zero-order chi connectivity index (χ0) is 14.9. The lowest BCUT2D eigenvalue weighted by Gasteiger charge is -2.25. The number of piperidine rings is 1. The normalized spacial score (nSPS) is 15.4. The van der Waals surface area contributed by atoms with Gasteiger partial charge < -0.3 is 10.2 Å². The molecule has 0 spiro atoms. The summed E-state index contributed by atoms with van der Waals surface area (Å²) in [4.78, 5) is 14.2. The van der Waals surface area contributed by atoms with Gasteiger partial charge in [0.2, 0.25) is 5.91 Å². The largest absolute Gasteiger partial charge is 0.317 e. The topological polar surface area (TPSA) is 56.1 Å². The SMILES string of the molecule is N#CCCN(C(=O)CCC1CCNCC1)c1ccccc1. The number of para-hydroxylation sites is 1. The van der Waals surface area contributed by atoms with Gasteiger partial charge in [0.25, 0.3) is 0 Å². The van der Waals surface area contributed by atoms with Crippen LogP contribution in [0.1, 0.15) is 32.1 Å². The Morgan fingerprint density at radius 1 is 1.29 bits per heavy atom.